The molecule has 0 saturated carbocycles. The lowest BCUT2D eigenvalue weighted by Crippen LogP contribution is -2.23. The molecule has 3 N–H and O–H groups in total. The highest BCUT2D eigenvalue weighted by molar-refractivity contribution is 5.96. The number of aromatic nitrogens is 3. The van der Waals surface area contributed by atoms with Gasteiger partial charge in [0.25, 0.3) is 0 Å². The van der Waals surface area contributed by atoms with E-state index in [1.165, 1.54) is 0 Å². The van der Waals surface area contributed by atoms with Gasteiger partial charge in [0, 0.05) is 37.5 Å². The van der Waals surface area contributed by atoms with Gasteiger partial charge in [-0.15, -0.1) is 0 Å². The van der Waals surface area contributed by atoms with Crippen molar-refractivity contribution in [2.45, 2.75) is 32.6 Å². The fraction of sp³-hybridized carbons (Fsp3) is 0.364. The first kappa shape index (κ1) is 20.5. The summed E-state index contributed by atoms with van der Waals surface area (Å²) in [6, 6.07) is 7.76. The number of benzene rings is 1. The molecule has 0 atom stereocenters. The van der Waals surface area contributed by atoms with Crippen molar-refractivity contribution in [2.75, 3.05) is 35.7 Å². The van der Waals surface area contributed by atoms with Gasteiger partial charge in [-0.3, -0.25) is 4.79 Å². The van der Waals surface area contributed by atoms with E-state index in [1.807, 2.05) is 18.2 Å². The lowest BCUT2D eigenvalue weighted by Gasteiger charge is -2.18. The number of rotatable bonds is 8. The van der Waals surface area contributed by atoms with Gasteiger partial charge in [-0.2, -0.15) is 15.2 Å². The molecule has 1 aliphatic rings. The number of fused-ring (bicyclic) bond motifs is 1. The number of nitriles is 1. The molecule has 0 spiro atoms. The van der Waals surface area contributed by atoms with Crippen molar-refractivity contribution in [3.63, 3.8) is 0 Å². The molecule has 0 radical (unpaired) electrons. The van der Waals surface area contributed by atoms with E-state index in [9.17, 15) is 10.1 Å². The molecule has 160 valence electrons. The van der Waals surface area contributed by atoms with Crippen LogP contribution in [0.1, 0.15) is 38.2 Å². The van der Waals surface area contributed by atoms with E-state index < -0.39 is 0 Å². The molecule has 1 aromatic carbocycles. The molecule has 9 nitrogen and oxygen atoms in total. The van der Waals surface area contributed by atoms with Gasteiger partial charge in [-0.25, -0.2) is 0 Å². The zero-order valence-electron chi connectivity index (χ0n) is 17.7. The van der Waals surface area contributed by atoms with Gasteiger partial charge in [0.2, 0.25) is 11.9 Å². The Balaban J connectivity index is 1.66. The van der Waals surface area contributed by atoms with Gasteiger partial charge < -0.3 is 25.3 Å². The Bertz CT molecular complexity index is 1150. The molecule has 1 saturated heterocycles. The SMILES string of the molecule is CCCCNc1nc(Nc2ccc(N3CCCC3=O)cc2OC)nc2[nH]cc(C#N)c12. The number of carbonyl (C=O) groups excluding carboxylic acids is 1. The van der Waals surface area contributed by atoms with Crippen LogP contribution in [-0.2, 0) is 4.79 Å². The highest BCUT2D eigenvalue weighted by Gasteiger charge is 2.23. The van der Waals surface area contributed by atoms with E-state index >= 15 is 0 Å². The molecule has 3 heterocycles. The molecule has 4 rings (SSSR count). The monoisotopic (exact) mass is 419 g/mol. The Morgan fingerprint density at radius 2 is 2.23 bits per heavy atom. The smallest absolute Gasteiger partial charge is 0.231 e. The number of hydrogen-bond acceptors (Lipinski definition) is 7. The van der Waals surface area contributed by atoms with Crippen LogP contribution in [0.15, 0.2) is 24.4 Å². The number of ether oxygens (including phenoxy) is 1. The second-order valence-electron chi connectivity index (χ2n) is 7.37. The standard InChI is InChI=1S/C22H25N7O2/c1-3-4-9-24-20-19-14(12-23)13-25-21(19)28-22(27-20)26-16-8-7-15(11-17(16)31-2)29-10-5-6-18(29)30/h7-8,11,13H,3-6,9-10H2,1-2H3,(H3,24,25,26,27,28). The van der Waals surface area contributed by atoms with Crippen LogP contribution in [0.25, 0.3) is 11.0 Å². The summed E-state index contributed by atoms with van der Waals surface area (Å²) < 4.78 is 5.55. The van der Waals surface area contributed by atoms with Gasteiger partial charge in [0.15, 0.2) is 0 Å². The summed E-state index contributed by atoms with van der Waals surface area (Å²) in [5.41, 5.74) is 2.57. The fourth-order valence-electron chi connectivity index (χ4n) is 3.68. The van der Waals surface area contributed by atoms with Crippen LogP contribution in [-0.4, -0.2) is 41.1 Å². The van der Waals surface area contributed by atoms with E-state index in [2.05, 4.69) is 38.6 Å². The van der Waals surface area contributed by atoms with E-state index in [0.29, 0.717) is 46.2 Å². The number of nitrogens with one attached hydrogen (secondary N) is 3. The molecule has 1 aliphatic heterocycles. The normalized spacial score (nSPS) is 13.5. The van der Waals surface area contributed by atoms with E-state index in [1.54, 1.807) is 18.2 Å². The second-order valence-corrected chi connectivity index (χ2v) is 7.37. The minimum atomic E-state index is 0.124. The maximum atomic E-state index is 12.1. The third-order valence-electron chi connectivity index (χ3n) is 5.29. The number of methoxy groups -OCH3 is 1. The van der Waals surface area contributed by atoms with Crippen LogP contribution in [0.3, 0.4) is 0 Å². The van der Waals surface area contributed by atoms with Gasteiger partial charge in [0.05, 0.1) is 23.7 Å². The number of nitrogens with zero attached hydrogens (tertiary/aromatic N) is 4. The van der Waals surface area contributed by atoms with Gasteiger partial charge in [0.1, 0.15) is 23.3 Å². The van der Waals surface area contributed by atoms with Crippen molar-refractivity contribution in [3.8, 4) is 11.8 Å². The molecule has 1 fully saturated rings. The number of aromatic amines is 1. The number of carbonyl (C=O) groups is 1. The summed E-state index contributed by atoms with van der Waals surface area (Å²) in [5.74, 6) is 1.70. The number of hydrogen-bond donors (Lipinski definition) is 3. The Morgan fingerprint density at radius 3 is 2.94 bits per heavy atom. The molecule has 0 bridgehead atoms. The highest BCUT2D eigenvalue weighted by atomic mass is 16.5. The lowest BCUT2D eigenvalue weighted by atomic mass is 10.2. The molecule has 9 heteroatoms. The lowest BCUT2D eigenvalue weighted by molar-refractivity contribution is -0.117. The van der Waals surface area contributed by atoms with Crippen molar-refractivity contribution < 1.29 is 9.53 Å². The first-order valence-corrected chi connectivity index (χ1v) is 10.4. The van der Waals surface area contributed by atoms with E-state index in [4.69, 9.17) is 4.74 Å². The summed E-state index contributed by atoms with van der Waals surface area (Å²) in [7, 11) is 1.59. The average Bonchev–Trinajstić information content (AvgIpc) is 3.40. The second kappa shape index (κ2) is 8.92. The molecule has 3 aromatic rings. The molecule has 0 unspecified atom stereocenters. The molecule has 0 aliphatic carbocycles. The van der Waals surface area contributed by atoms with Gasteiger partial charge in [-0.1, -0.05) is 13.3 Å². The molecule has 2 aromatic heterocycles. The first-order valence-electron chi connectivity index (χ1n) is 10.4. The van der Waals surface area contributed by atoms with Crippen molar-refractivity contribution in [1.82, 2.24) is 15.0 Å². The third-order valence-corrected chi connectivity index (χ3v) is 5.29. The molecular weight excluding hydrogens is 394 g/mol. The average molecular weight is 419 g/mol. The zero-order valence-corrected chi connectivity index (χ0v) is 17.7. The van der Waals surface area contributed by atoms with Crippen LogP contribution in [0.5, 0.6) is 5.75 Å². The van der Waals surface area contributed by atoms with Crippen LogP contribution in [0.2, 0.25) is 0 Å². The molecule has 31 heavy (non-hydrogen) atoms. The fourth-order valence-corrected chi connectivity index (χ4v) is 3.68. The van der Waals surface area contributed by atoms with Crippen molar-refractivity contribution >= 4 is 40.1 Å². The summed E-state index contributed by atoms with van der Waals surface area (Å²) in [6.45, 7) is 3.59. The Hall–Kier alpha value is -3.80. The summed E-state index contributed by atoms with van der Waals surface area (Å²) in [6.07, 6.45) is 5.11. The Labute approximate surface area is 180 Å². The predicted octanol–water partition coefficient (Wildman–Crippen LogP) is 3.92. The maximum Gasteiger partial charge on any atom is 0.231 e. The van der Waals surface area contributed by atoms with Crippen LogP contribution < -0.4 is 20.3 Å². The van der Waals surface area contributed by atoms with Gasteiger partial charge >= 0.3 is 0 Å². The van der Waals surface area contributed by atoms with Crippen LogP contribution in [0, 0.1) is 11.3 Å². The molecular formula is C22H25N7O2. The number of amides is 1. The summed E-state index contributed by atoms with van der Waals surface area (Å²) in [5, 5.41) is 16.6. The highest BCUT2D eigenvalue weighted by Crippen LogP contribution is 2.34. The van der Waals surface area contributed by atoms with E-state index in [-0.39, 0.29) is 5.91 Å². The number of unbranched alkanes of at least 4 members (excludes halogenated alkanes) is 1. The largest absolute Gasteiger partial charge is 0.494 e. The number of anilines is 4. The summed E-state index contributed by atoms with van der Waals surface area (Å²) >= 11 is 0. The van der Waals surface area contributed by atoms with Crippen LogP contribution >= 0.6 is 0 Å². The Kier molecular flexibility index (Phi) is 5.89. The summed E-state index contributed by atoms with van der Waals surface area (Å²) in [4.78, 5) is 26.0. The topological polar surface area (TPSA) is 119 Å². The van der Waals surface area contributed by atoms with Crippen LogP contribution in [0.4, 0.5) is 23.1 Å². The van der Waals surface area contributed by atoms with E-state index in [0.717, 1.165) is 38.0 Å². The van der Waals surface area contributed by atoms with Crippen molar-refractivity contribution in [2.24, 2.45) is 0 Å². The molecule has 1 amide bonds. The third kappa shape index (κ3) is 4.10. The van der Waals surface area contributed by atoms with Crippen molar-refractivity contribution in [1.29, 1.82) is 5.26 Å². The minimum Gasteiger partial charge on any atom is -0.494 e. The first-order chi connectivity index (χ1) is 15.1. The zero-order chi connectivity index (χ0) is 21.8. The van der Waals surface area contributed by atoms with Gasteiger partial charge in [-0.05, 0) is 25.0 Å². The maximum absolute atomic E-state index is 12.1. The minimum absolute atomic E-state index is 0.124. The van der Waals surface area contributed by atoms with Crippen molar-refractivity contribution in [3.05, 3.63) is 30.0 Å². The number of H-pyrrole nitrogens is 1. The Morgan fingerprint density at radius 1 is 1.35 bits per heavy atom. The quantitative estimate of drug-likeness (QED) is 0.473. The predicted molar refractivity (Wildman–Crippen MR) is 120 cm³/mol.